The van der Waals surface area contributed by atoms with Gasteiger partial charge >= 0.3 is 0 Å². The Balaban J connectivity index is 2.58. The number of carbonyl (C=O) groups is 1. The first kappa shape index (κ1) is 10.7. The quantitative estimate of drug-likeness (QED) is 0.611. The molecular formula is C12H22O. The minimum Gasteiger partial charge on any atom is -0.303 e. The first-order valence-corrected chi connectivity index (χ1v) is 5.61. The van der Waals surface area contributed by atoms with Gasteiger partial charge in [0, 0.05) is 5.41 Å². The van der Waals surface area contributed by atoms with Crippen LogP contribution in [0.15, 0.2) is 0 Å². The van der Waals surface area contributed by atoms with E-state index >= 15 is 0 Å². The van der Waals surface area contributed by atoms with Gasteiger partial charge in [-0.05, 0) is 37.5 Å². The fourth-order valence-corrected chi connectivity index (χ4v) is 2.45. The highest BCUT2D eigenvalue weighted by atomic mass is 16.1. The molecule has 1 rings (SSSR count). The van der Waals surface area contributed by atoms with Crippen LogP contribution in [0.25, 0.3) is 0 Å². The Morgan fingerprint density at radius 3 is 2.23 bits per heavy atom. The summed E-state index contributed by atoms with van der Waals surface area (Å²) in [7, 11) is 0. The minimum atomic E-state index is 0.0195. The monoisotopic (exact) mass is 182 g/mol. The van der Waals surface area contributed by atoms with Crippen molar-refractivity contribution >= 4 is 6.29 Å². The van der Waals surface area contributed by atoms with E-state index in [9.17, 15) is 4.79 Å². The molecule has 0 heterocycles. The lowest BCUT2D eigenvalue weighted by atomic mass is 9.65. The summed E-state index contributed by atoms with van der Waals surface area (Å²) >= 11 is 0. The molecule has 0 amide bonds. The van der Waals surface area contributed by atoms with Crippen molar-refractivity contribution < 1.29 is 4.79 Å². The summed E-state index contributed by atoms with van der Waals surface area (Å²) < 4.78 is 0. The summed E-state index contributed by atoms with van der Waals surface area (Å²) in [6.45, 7) is 6.62. The zero-order valence-electron chi connectivity index (χ0n) is 9.18. The second-order valence-electron chi connectivity index (χ2n) is 4.86. The van der Waals surface area contributed by atoms with E-state index in [0.717, 1.165) is 18.8 Å². The molecule has 0 aromatic heterocycles. The SMILES string of the molecule is CCC1CCC(C=O)(C(C)C)CC1. The number of aldehydes is 1. The predicted octanol–water partition coefficient (Wildman–Crippen LogP) is 3.43. The molecule has 0 aliphatic heterocycles. The molecule has 1 aliphatic rings. The fraction of sp³-hybridized carbons (Fsp3) is 0.917. The molecule has 1 fully saturated rings. The van der Waals surface area contributed by atoms with Gasteiger partial charge in [-0.1, -0.05) is 27.2 Å². The molecule has 1 nitrogen and oxygen atoms in total. The van der Waals surface area contributed by atoms with Crippen molar-refractivity contribution in [2.24, 2.45) is 17.3 Å². The summed E-state index contributed by atoms with van der Waals surface area (Å²) in [6.07, 6.45) is 7.26. The van der Waals surface area contributed by atoms with Crippen molar-refractivity contribution in [2.75, 3.05) is 0 Å². The molecule has 0 bridgehead atoms. The minimum absolute atomic E-state index is 0.0195. The van der Waals surface area contributed by atoms with Crippen LogP contribution in [0.5, 0.6) is 0 Å². The van der Waals surface area contributed by atoms with Crippen molar-refractivity contribution in [2.45, 2.75) is 52.9 Å². The summed E-state index contributed by atoms with van der Waals surface area (Å²) in [5.41, 5.74) is 0.0195. The van der Waals surface area contributed by atoms with E-state index in [2.05, 4.69) is 20.8 Å². The summed E-state index contributed by atoms with van der Waals surface area (Å²) in [5, 5.41) is 0. The second-order valence-corrected chi connectivity index (χ2v) is 4.86. The number of carbonyl (C=O) groups excluding carboxylic acids is 1. The Morgan fingerprint density at radius 2 is 1.92 bits per heavy atom. The third kappa shape index (κ3) is 2.12. The first-order valence-electron chi connectivity index (χ1n) is 5.61. The van der Waals surface area contributed by atoms with Crippen molar-refractivity contribution in [1.82, 2.24) is 0 Å². The topological polar surface area (TPSA) is 17.1 Å². The normalized spacial score (nSPS) is 34.9. The molecule has 0 N–H and O–H groups in total. The van der Waals surface area contributed by atoms with E-state index in [1.807, 2.05) is 0 Å². The van der Waals surface area contributed by atoms with Gasteiger partial charge < -0.3 is 4.79 Å². The predicted molar refractivity (Wildman–Crippen MR) is 55.6 cm³/mol. The molecule has 1 aliphatic carbocycles. The molecule has 0 aromatic carbocycles. The van der Waals surface area contributed by atoms with E-state index in [1.165, 1.54) is 25.5 Å². The zero-order chi connectivity index (χ0) is 9.90. The molecule has 1 saturated carbocycles. The first-order chi connectivity index (χ1) is 6.14. The van der Waals surface area contributed by atoms with Gasteiger partial charge in [-0.15, -0.1) is 0 Å². The van der Waals surface area contributed by atoms with Crippen LogP contribution in [-0.4, -0.2) is 6.29 Å². The van der Waals surface area contributed by atoms with Crippen LogP contribution in [0.1, 0.15) is 52.9 Å². The van der Waals surface area contributed by atoms with Gasteiger partial charge in [-0.2, -0.15) is 0 Å². The van der Waals surface area contributed by atoms with Gasteiger partial charge in [0.1, 0.15) is 6.29 Å². The Kier molecular flexibility index (Phi) is 3.52. The van der Waals surface area contributed by atoms with E-state index in [4.69, 9.17) is 0 Å². The van der Waals surface area contributed by atoms with E-state index in [-0.39, 0.29) is 5.41 Å². The van der Waals surface area contributed by atoms with Crippen molar-refractivity contribution in [3.63, 3.8) is 0 Å². The molecule has 0 spiro atoms. The highest BCUT2D eigenvalue weighted by Crippen LogP contribution is 2.43. The Morgan fingerprint density at radius 1 is 1.38 bits per heavy atom. The largest absolute Gasteiger partial charge is 0.303 e. The molecule has 0 aromatic rings. The Hall–Kier alpha value is -0.330. The molecule has 0 atom stereocenters. The van der Waals surface area contributed by atoms with Crippen LogP contribution in [0.3, 0.4) is 0 Å². The van der Waals surface area contributed by atoms with Gasteiger partial charge in [-0.3, -0.25) is 0 Å². The van der Waals surface area contributed by atoms with Crippen molar-refractivity contribution in [1.29, 1.82) is 0 Å². The number of hydrogen-bond donors (Lipinski definition) is 0. The Labute approximate surface area is 81.9 Å². The van der Waals surface area contributed by atoms with Crippen LogP contribution >= 0.6 is 0 Å². The second kappa shape index (κ2) is 4.26. The lowest BCUT2D eigenvalue weighted by Gasteiger charge is -2.38. The molecular weight excluding hydrogens is 160 g/mol. The van der Waals surface area contributed by atoms with E-state index in [0.29, 0.717) is 5.92 Å². The summed E-state index contributed by atoms with van der Waals surface area (Å²) in [4.78, 5) is 11.1. The summed E-state index contributed by atoms with van der Waals surface area (Å²) in [5.74, 6) is 1.40. The maximum atomic E-state index is 11.1. The smallest absolute Gasteiger partial charge is 0.126 e. The highest BCUT2D eigenvalue weighted by molar-refractivity contribution is 5.60. The lowest BCUT2D eigenvalue weighted by Crippen LogP contribution is -2.33. The van der Waals surface area contributed by atoms with E-state index < -0.39 is 0 Å². The van der Waals surface area contributed by atoms with Crippen molar-refractivity contribution in [3.8, 4) is 0 Å². The fourth-order valence-electron chi connectivity index (χ4n) is 2.45. The van der Waals surface area contributed by atoms with Gasteiger partial charge in [0.2, 0.25) is 0 Å². The maximum Gasteiger partial charge on any atom is 0.126 e. The van der Waals surface area contributed by atoms with Gasteiger partial charge in [-0.25, -0.2) is 0 Å². The van der Waals surface area contributed by atoms with Crippen LogP contribution in [0, 0.1) is 17.3 Å². The average molecular weight is 182 g/mol. The van der Waals surface area contributed by atoms with E-state index in [1.54, 1.807) is 0 Å². The molecule has 13 heavy (non-hydrogen) atoms. The van der Waals surface area contributed by atoms with Crippen LogP contribution in [0.2, 0.25) is 0 Å². The van der Waals surface area contributed by atoms with Gasteiger partial charge in [0.25, 0.3) is 0 Å². The third-order valence-corrected chi connectivity index (χ3v) is 4.00. The van der Waals surface area contributed by atoms with Gasteiger partial charge in [0.15, 0.2) is 0 Å². The maximum absolute atomic E-state index is 11.1. The lowest BCUT2D eigenvalue weighted by molar-refractivity contribution is -0.121. The molecule has 0 saturated heterocycles. The zero-order valence-corrected chi connectivity index (χ0v) is 9.18. The third-order valence-electron chi connectivity index (χ3n) is 4.00. The highest BCUT2D eigenvalue weighted by Gasteiger charge is 2.37. The van der Waals surface area contributed by atoms with Crippen LogP contribution in [0.4, 0.5) is 0 Å². The van der Waals surface area contributed by atoms with Gasteiger partial charge in [0.05, 0.1) is 0 Å². The van der Waals surface area contributed by atoms with Crippen LogP contribution < -0.4 is 0 Å². The number of rotatable bonds is 3. The molecule has 0 unspecified atom stereocenters. The summed E-state index contributed by atoms with van der Waals surface area (Å²) in [6, 6.07) is 0. The number of hydrogen-bond acceptors (Lipinski definition) is 1. The average Bonchev–Trinajstić information content (AvgIpc) is 2.17. The standard InChI is InChI=1S/C12H22O/c1-4-11-5-7-12(9-13,8-6-11)10(2)3/h9-11H,4-8H2,1-3H3. The molecule has 0 radical (unpaired) electrons. The van der Waals surface area contributed by atoms with Crippen LogP contribution in [-0.2, 0) is 4.79 Å². The van der Waals surface area contributed by atoms with Crippen molar-refractivity contribution in [3.05, 3.63) is 0 Å². The molecule has 1 heteroatoms. The molecule has 76 valence electrons. The Bertz CT molecular complexity index is 164.